The van der Waals surface area contributed by atoms with Gasteiger partial charge in [-0.05, 0) is 35.1 Å². The highest BCUT2D eigenvalue weighted by molar-refractivity contribution is 7.10. The number of hydrogen-bond acceptors (Lipinski definition) is 5. The van der Waals surface area contributed by atoms with Crippen molar-refractivity contribution in [3.8, 4) is 11.4 Å². The monoisotopic (exact) mass is 435 g/mol. The van der Waals surface area contributed by atoms with Crippen LogP contribution in [0, 0.1) is 0 Å². The van der Waals surface area contributed by atoms with Crippen LogP contribution in [0.3, 0.4) is 0 Å². The summed E-state index contributed by atoms with van der Waals surface area (Å²) in [6.07, 6.45) is -4.06. The lowest BCUT2D eigenvalue weighted by atomic mass is 9.86. The van der Waals surface area contributed by atoms with E-state index in [2.05, 4.69) is 35.4 Å². The maximum Gasteiger partial charge on any atom is 0.471 e. The Morgan fingerprint density at radius 1 is 1.17 bits per heavy atom. The van der Waals surface area contributed by atoms with Crippen LogP contribution < -0.4 is 0 Å². The molecule has 3 aromatic rings. The molecule has 0 fully saturated rings. The van der Waals surface area contributed by atoms with Crippen molar-refractivity contribution < 1.29 is 22.5 Å². The number of hydrogen-bond donors (Lipinski definition) is 0. The van der Waals surface area contributed by atoms with Crippen LogP contribution in [-0.4, -0.2) is 27.5 Å². The lowest BCUT2D eigenvalue weighted by Crippen LogP contribution is -2.35. The van der Waals surface area contributed by atoms with Crippen molar-refractivity contribution in [2.24, 2.45) is 0 Å². The molecule has 1 aliphatic rings. The molecule has 0 atom stereocenters. The van der Waals surface area contributed by atoms with Gasteiger partial charge in [-0.1, -0.05) is 38.1 Å². The minimum atomic E-state index is -4.69. The summed E-state index contributed by atoms with van der Waals surface area (Å²) in [5.41, 5.74) is 2.97. The second kappa shape index (κ2) is 7.23. The fraction of sp³-hybridized carbons (Fsp3) is 0.381. The summed E-state index contributed by atoms with van der Waals surface area (Å²) < 4.78 is 42.7. The van der Waals surface area contributed by atoms with Crippen LogP contribution in [-0.2, 0) is 24.6 Å². The van der Waals surface area contributed by atoms with E-state index in [4.69, 9.17) is 0 Å². The van der Waals surface area contributed by atoms with Gasteiger partial charge in [0.25, 0.3) is 5.91 Å². The van der Waals surface area contributed by atoms with Gasteiger partial charge >= 0.3 is 12.1 Å². The molecular formula is C21H20F3N3O2S. The maximum atomic E-state index is 13.0. The van der Waals surface area contributed by atoms with Gasteiger partial charge in [0.15, 0.2) is 0 Å². The third-order valence-electron chi connectivity index (χ3n) is 5.13. The van der Waals surface area contributed by atoms with Crippen molar-refractivity contribution >= 4 is 17.2 Å². The Bertz CT molecular complexity index is 1080. The molecule has 3 heterocycles. The second-order valence-corrected chi connectivity index (χ2v) is 9.24. The van der Waals surface area contributed by atoms with E-state index in [1.165, 1.54) is 11.3 Å². The van der Waals surface area contributed by atoms with Gasteiger partial charge < -0.3 is 9.42 Å². The third-order valence-corrected chi connectivity index (χ3v) is 6.22. The number of halogens is 3. The van der Waals surface area contributed by atoms with Gasteiger partial charge in [-0.2, -0.15) is 18.2 Å². The van der Waals surface area contributed by atoms with Crippen LogP contribution in [0.4, 0.5) is 13.2 Å². The average Bonchev–Trinajstić information content (AvgIpc) is 3.33. The van der Waals surface area contributed by atoms with Gasteiger partial charge in [-0.15, -0.1) is 11.3 Å². The summed E-state index contributed by atoms with van der Waals surface area (Å²) in [4.78, 5) is 19.2. The molecule has 2 aromatic heterocycles. The Labute approximate surface area is 175 Å². The number of fused-ring (bicyclic) bond motifs is 1. The fourth-order valence-electron chi connectivity index (χ4n) is 3.42. The fourth-order valence-corrected chi connectivity index (χ4v) is 4.45. The van der Waals surface area contributed by atoms with Gasteiger partial charge in [0.2, 0.25) is 5.82 Å². The Kier molecular flexibility index (Phi) is 4.96. The SMILES string of the molecule is CC(C)(C)c1ccc(C(=O)N2CCc3scc(-c4noc(C(F)(F)F)n4)c3C2)cc1. The molecule has 158 valence electrons. The van der Waals surface area contributed by atoms with Crippen LogP contribution in [0.5, 0.6) is 0 Å². The molecule has 0 N–H and O–H groups in total. The van der Waals surface area contributed by atoms with E-state index in [1.54, 1.807) is 10.3 Å². The lowest BCUT2D eigenvalue weighted by molar-refractivity contribution is -0.159. The number of aromatic nitrogens is 2. The van der Waals surface area contributed by atoms with Crippen molar-refractivity contribution in [2.45, 2.75) is 45.3 Å². The van der Waals surface area contributed by atoms with E-state index < -0.39 is 12.1 Å². The molecule has 1 aromatic carbocycles. The zero-order valence-corrected chi connectivity index (χ0v) is 17.5. The van der Waals surface area contributed by atoms with E-state index >= 15 is 0 Å². The largest absolute Gasteiger partial charge is 0.471 e. The number of nitrogens with zero attached hydrogens (tertiary/aromatic N) is 3. The zero-order chi connectivity index (χ0) is 21.7. The van der Waals surface area contributed by atoms with E-state index in [-0.39, 0.29) is 17.1 Å². The molecule has 0 saturated carbocycles. The first kappa shape index (κ1) is 20.6. The van der Waals surface area contributed by atoms with Gasteiger partial charge in [-0.3, -0.25) is 4.79 Å². The maximum absolute atomic E-state index is 13.0. The quantitative estimate of drug-likeness (QED) is 0.547. The molecule has 0 bridgehead atoms. The molecule has 0 aliphatic carbocycles. The molecule has 4 rings (SSSR count). The van der Waals surface area contributed by atoms with Crippen molar-refractivity contribution in [3.05, 3.63) is 57.1 Å². The molecule has 0 unspecified atom stereocenters. The molecule has 1 amide bonds. The van der Waals surface area contributed by atoms with Crippen molar-refractivity contribution in [1.29, 1.82) is 0 Å². The lowest BCUT2D eigenvalue weighted by Gasteiger charge is -2.28. The van der Waals surface area contributed by atoms with E-state index in [0.29, 0.717) is 30.6 Å². The predicted molar refractivity (Wildman–Crippen MR) is 106 cm³/mol. The Morgan fingerprint density at radius 2 is 1.87 bits per heavy atom. The average molecular weight is 435 g/mol. The third kappa shape index (κ3) is 3.86. The van der Waals surface area contributed by atoms with E-state index in [0.717, 1.165) is 16.0 Å². The first-order chi connectivity index (χ1) is 14.0. The normalized spacial score (nSPS) is 14.7. The predicted octanol–water partition coefficient (Wildman–Crippen LogP) is 5.31. The van der Waals surface area contributed by atoms with Gasteiger partial charge in [0.1, 0.15) is 0 Å². The highest BCUT2D eigenvalue weighted by Gasteiger charge is 2.39. The van der Waals surface area contributed by atoms with E-state index in [1.807, 2.05) is 24.3 Å². The zero-order valence-electron chi connectivity index (χ0n) is 16.7. The summed E-state index contributed by atoms with van der Waals surface area (Å²) in [5.74, 6) is -1.59. The standard InChI is InChI=1S/C21H20F3N3O2S/c1-20(2,3)13-6-4-12(5-7-13)18(28)27-9-8-16-14(10-27)15(11-30-16)17-25-19(29-26-17)21(22,23)24/h4-7,11H,8-10H2,1-3H3. The minimum Gasteiger partial charge on any atom is -0.334 e. The second-order valence-electron chi connectivity index (χ2n) is 8.28. The minimum absolute atomic E-state index is 0.00690. The van der Waals surface area contributed by atoms with Crippen LogP contribution in [0.15, 0.2) is 34.2 Å². The smallest absolute Gasteiger partial charge is 0.334 e. The van der Waals surface area contributed by atoms with Crippen LogP contribution in [0.1, 0.15) is 53.0 Å². The number of alkyl halides is 3. The van der Waals surface area contributed by atoms with Crippen LogP contribution >= 0.6 is 11.3 Å². The topological polar surface area (TPSA) is 59.2 Å². The Morgan fingerprint density at radius 3 is 2.47 bits per heavy atom. The summed E-state index contributed by atoms with van der Waals surface area (Å²) in [6.45, 7) is 7.17. The molecule has 1 aliphatic heterocycles. The number of rotatable bonds is 2. The summed E-state index contributed by atoms with van der Waals surface area (Å²) >= 11 is 1.44. The Balaban J connectivity index is 1.57. The summed E-state index contributed by atoms with van der Waals surface area (Å²) in [7, 11) is 0. The molecule has 30 heavy (non-hydrogen) atoms. The molecule has 9 heteroatoms. The highest BCUT2D eigenvalue weighted by Crippen LogP contribution is 2.36. The van der Waals surface area contributed by atoms with Gasteiger partial charge in [0.05, 0.1) is 0 Å². The number of amides is 1. The first-order valence-corrected chi connectivity index (χ1v) is 10.3. The van der Waals surface area contributed by atoms with Gasteiger partial charge in [0, 0.05) is 34.5 Å². The highest BCUT2D eigenvalue weighted by atomic mass is 32.1. The van der Waals surface area contributed by atoms with Gasteiger partial charge in [-0.25, -0.2) is 0 Å². The number of carbonyl (C=O) groups is 1. The summed E-state index contributed by atoms with van der Waals surface area (Å²) in [6, 6.07) is 7.55. The molecule has 0 radical (unpaired) electrons. The van der Waals surface area contributed by atoms with E-state index in [9.17, 15) is 18.0 Å². The number of benzene rings is 1. The molecule has 5 nitrogen and oxygen atoms in total. The van der Waals surface area contributed by atoms with Crippen molar-refractivity contribution in [2.75, 3.05) is 6.54 Å². The van der Waals surface area contributed by atoms with Crippen molar-refractivity contribution in [1.82, 2.24) is 15.0 Å². The number of carbonyl (C=O) groups excluding carboxylic acids is 1. The Hall–Kier alpha value is -2.68. The van der Waals surface area contributed by atoms with Crippen molar-refractivity contribution in [3.63, 3.8) is 0 Å². The van der Waals surface area contributed by atoms with Crippen LogP contribution in [0.25, 0.3) is 11.4 Å². The van der Waals surface area contributed by atoms with Crippen LogP contribution in [0.2, 0.25) is 0 Å². The number of thiophene rings is 1. The molecular weight excluding hydrogens is 415 g/mol. The molecule has 0 saturated heterocycles. The molecule has 0 spiro atoms. The first-order valence-electron chi connectivity index (χ1n) is 9.44. The summed E-state index contributed by atoms with van der Waals surface area (Å²) in [5, 5.41) is 5.22.